The number of amides is 2. The number of hydrogen-bond donors (Lipinski definition) is 3. The number of carbonyl (C=O) groups is 2. The Bertz CT molecular complexity index is 323. The Morgan fingerprint density at radius 1 is 1.26 bits per heavy atom. The summed E-state index contributed by atoms with van der Waals surface area (Å²) in [7, 11) is 0. The van der Waals surface area contributed by atoms with Crippen molar-refractivity contribution in [1.29, 1.82) is 0 Å². The van der Waals surface area contributed by atoms with Crippen molar-refractivity contribution in [2.24, 2.45) is 5.92 Å². The SMILES string of the molecule is C#CCCCNC(=O)NC(C)CCCC(C)C(=O)O. The van der Waals surface area contributed by atoms with Crippen LogP contribution in [0.15, 0.2) is 0 Å². The third kappa shape index (κ3) is 9.95. The molecule has 0 fully saturated rings. The Hall–Kier alpha value is -1.70. The number of carboxylic acid groups (broad SMARTS) is 1. The summed E-state index contributed by atoms with van der Waals surface area (Å²) in [5, 5.41) is 14.3. The summed E-state index contributed by atoms with van der Waals surface area (Å²) in [6.07, 6.45) is 8.72. The summed E-state index contributed by atoms with van der Waals surface area (Å²) in [6, 6.07) is -0.163. The van der Waals surface area contributed by atoms with Gasteiger partial charge in [-0.3, -0.25) is 4.79 Å². The summed E-state index contributed by atoms with van der Waals surface area (Å²) in [6.45, 7) is 4.17. The van der Waals surface area contributed by atoms with E-state index in [1.54, 1.807) is 6.92 Å². The van der Waals surface area contributed by atoms with Crippen molar-refractivity contribution < 1.29 is 14.7 Å². The summed E-state index contributed by atoms with van der Waals surface area (Å²) in [5.74, 6) is 1.41. The molecule has 0 aliphatic rings. The van der Waals surface area contributed by atoms with Crippen LogP contribution in [0.1, 0.15) is 46.0 Å². The first-order valence-corrected chi connectivity index (χ1v) is 6.68. The quantitative estimate of drug-likeness (QED) is 0.442. The fourth-order valence-corrected chi connectivity index (χ4v) is 1.59. The van der Waals surface area contributed by atoms with Crippen LogP contribution >= 0.6 is 0 Å². The van der Waals surface area contributed by atoms with Crippen LogP contribution in [0.4, 0.5) is 4.79 Å². The van der Waals surface area contributed by atoms with E-state index in [2.05, 4.69) is 16.6 Å². The van der Waals surface area contributed by atoms with Gasteiger partial charge in [-0.2, -0.15) is 0 Å². The Balaban J connectivity index is 3.62. The molecule has 0 aromatic heterocycles. The maximum Gasteiger partial charge on any atom is 0.314 e. The van der Waals surface area contributed by atoms with Crippen molar-refractivity contribution in [2.75, 3.05) is 6.54 Å². The molecule has 0 saturated carbocycles. The molecule has 0 aliphatic carbocycles. The first kappa shape index (κ1) is 17.3. The zero-order chi connectivity index (χ0) is 14.7. The Labute approximate surface area is 115 Å². The molecule has 0 aliphatic heterocycles. The van der Waals surface area contributed by atoms with Gasteiger partial charge in [-0.05, 0) is 26.2 Å². The summed E-state index contributed by atoms with van der Waals surface area (Å²) in [5.41, 5.74) is 0. The predicted molar refractivity (Wildman–Crippen MR) is 74.7 cm³/mol. The minimum Gasteiger partial charge on any atom is -0.481 e. The molecule has 5 heteroatoms. The fourth-order valence-electron chi connectivity index (χ4n) is 1.59. The first-order chi connectivity index (χ1) is 8.97. The van der Waals surface area contributed by atoms with Crippen LogP contribution in [0.25, 0.3) is 0 Å². The maximum absolute atomic E-state index is 11.5. The monoisotopic (exact) mass is 268 g/mol. The molecule has 0 rings (SSSR count). The lowest BCUT2D eigenvalue weighted by molar-refractivity contribution is -0.141. The molecule has 2 atom stereocenters. The second-order valence-electron chi connectivity index (χ2n) is 4.78. The van der Waals surface area contributed by atoms with Crippen LogP contribution in [-0.4, -0.2) is 29.7 Å². The molecule has 0 saturated heterocycles. The minimum atomic E-state index is -0.771. The smallest absolute Gasteiger partial charge is 0.314 e. The van der Waals surface area contributed by atoms with Gasteiger partial charge in [0.15, 0.2) is 0 Å². The zero-order valence-electron chi connectivity index (χ0n) is 11.7. The van der Waals surface area contributed by atoms with Gasteiger partial charge < -0.3 is 15.7 Å². The highest BCUT2D eigenvalue weighted by atomic mass is 16.4. The van der Waals surface area contributed by atoms with Crippen molar-refractivity contribution >= 4 is 12.0 Å². The van der Waals surface area contributed by atoms with Crippen molar-refractivity contribution in [3.63, 3.8) is 0 Å². The van der Waals surface area contributed by atoms with Gasteiger partial charge in [-0.15, -0.1) is 12.3 Å². The fraction of sp³-hybridized carbons (Fsp3) is 0.714. The van der Waals surface area contributed by atoms with E-state index in [1.807, 2.05) is 6.92 Å². The zero-order valence-corrected chi connectivity index (χ0v) is 11.7. The Kier molecular flexibility index (Phi) is 9.33. The van der Waals surface area contributed by atoms with Gasteiger partial charge in [0.25, 0.3) is 0 Å². The number of hydrogen-bond acceptors (Lipinski definition) is 2. The van der Waals surface area contributed by atoms with E-state index in [1.165, 1.54) is 0 Å². The number of carbonyl (C=O) groups excluding carboxylic acids is 1. The number of carboxylic acids is 1. The van der Waals surface area contributed by atoms with Crippen LogP contribution in [-0.2, 0) is 4.79 Å². The largest absolute Gasteiger partial charge is 0.481 e. The number of urea groups is 1. The first-order valence-electron chi connectivity index (χ1n) is 6.68. The third-order valence-electron chi connectivity index (χ3n) is 2.86. The van der Waals surface area contributed by atoms with Gasteiger partial charge in [0.2, 0.25) is 0 Å². The number of nitrogens with one attached hydrogen (secondary N) is 2. The van der Waals surface area contributed by atoms with E-state index < -0.39 is 5.97 Å². The predicted octanol–water partition coefficient (Wildman–Crippen LogP) is 1.98. The number of terminal acetylenes is 1. The van der Waals surface area contributed by atoms with E-state index in [0.29, 0.717) is 19.4 Å². The second kappa shape index (κ2) is 10.2. The van der Waals surface area contributed by atoms with Gasteiger partial charge in [0, 0.05) is 19.0 Å². The van der Waals surface area contributed by atoms with E-state index in [-0.39, 0.29) is 18.0 Å². The topological polar surface area (TPSA) is 78.4 Å². The van der Waals surface area contributed by atoms with Crippen molar-refractivity contribution in [3.05, 3.63) is 0 Å². The van der Waals surface area contributed by atoms with Crippen LogP contribution in [0, 0.1) is 18.3 Å². The van der Waals surface area contributed by atoms with Crippen molar-refractivity contribution in [3.8, 4) is 12.3 Å². The van der Waals surface area contributed by atoms with Gasteiger partial charge in [-0.1, -0.05) is 13.3 Å². The highest BCUT2D eigenvalue weighted by Gasteiger charge is 2.12. The highest BCUT2D eigenvalue weighted by Crippen LogP contribution is 2.09. The number of unbranched alkanes of at least 4 members (excludes halogenated alkanes) is 1. The molecule has 2 unspecified atom stereocenters. The molecule has 5 nitrogen and oxygen atoms in total. The molecule has 3 N–H and O–H groups in total. The lowest BCUT2D eigenvalue weighted by Crippen LogP contribution is -2.41. The van der Waals surface area contributed by atoms with Gasteiger partial charge in [0.1, 0.15) is 0 Å². The molecule has 0 aromatic rings. The van der Waals surface area contributed by atoms with Crippen LogP contribution in [0.5, 0.6) is 0 Å². The minimum absolute atomic E-state index is 0.0358. The second-order valence-corrected chi connectivity index (χ2v) is 4.78. The molecule has 108 valence electrons. The Morgan fingerprint density at radius 3 is 2.53 bits per heavy atom. The summed E-state index contributed by atoms with van der Waals surface area (Å²) >= 11 is 0. The number of aliphatic carboxylic acids is 1. The lowest BCUT2D eigenvalue weighted by Gasteiger charge is -2.15. The highest BCUT2D eigenvalue weighted by molar-refractivity contribution is 5.74. The lowest BCUT2D eigenvalue weighted by atomic mass is 10.0. The van der Waals surface area contributed by atoms with Crippen molar-refractivity contribution in [1.82, 2.24) is 10.6 Å². The van der Waals surface area contributed by atoms with Crippen LogP contribution in [0.2, 0.25) is 0 Å². The normalized spacial score (nSPS) is 13.1. The standard InChI is InChI=1S/C14H24N2O3/c1-4-5-6-10-15-14(19)16-12(3)9-7-8-11(2)13(17)18/h1,11-12H,5-10H2,2-3H3,(H,17,18)(H2,15,16,19). The van der Waals surface area contributed by atoms with Crippen LogP contribution < -0.4 is 10.6 Å². The maximum atomic E-state index is 11.5. The van der Waals surface area contributed by atoms with Gasteiger partial charge >= 0.3 is 12.0 Å². The van der Waals surface area contributed by atoms with E-state index in [9.17, 15) is 9.59 Å². The van der Waals surface area contributed by atoms with Crippen molar-refractivity contribution in [2.45, 2.75) is 52.0 Å². The summed E-state index contributed by atoms with van der Waals surface area (Å²) < 4.78 is 0. The van der Waals surface area contributed by atoms with E-state index in [4.69, 9.17) is 11.5 Å². The van der Waals surface area contributed by atoms with E-state index >= 15 is 0 Å². The molecule has 0 radical (unpaired) electrons. The molecule has 0 aromatic carbocycles. The Morgan fingerprint density at radius 2 is 1.95 bits per heavy atom. The molecular weight excluding hydrogens is 244 g/mol. The van der Waals surface area contributed by atoms with Crippen LogP contribution in [0.3, 0.4) is 0 Å². The summed E-state index contributed by atoms with van der Waals surface area (Å²) in [4.78, 5) is 22.1. The van der Waals surface area contributed by atoms with Gasteiger partial charge in [-0.25, -0.2) is 4.79 Å². The molecular formula is C14H24N2O3. The average molecular weight is 268 g/mol. The third-order valence-corrected chi connectivity index (χ3v) is 2.86. The molecule has 2 amide bonds. The van der Waals surface area contributed by atoms with E-state index in [0.717, 1.165) is 19.3 Å². The number of rotatable bonds is 9. The molecule has 0 heterocycles. The molecule has 0 spiro atoms. The molecule has 19 heavy (non-hydrogen) atoms. The van der Waals surface area contributed by atoms with Gasteiger partial charge in [0.05, 0.1) is 5.92 Å². The average Bonchev–Trinajstić information content (AvgIpc) is 2.34. The molecule has 0 bridgehead atoms.